The molecule has 0 aliphatic heterocycles. The van der Waals surface area contributed by atoms with Crippen molar-refractivity contribution < 1.29 is 5.11 Å². The van der Waals surface area contributed by atoms with Gasteiger partial charge in [0.05, 0.1) is 27.6 Å². The minimum atomic E-state index is -0.966. The number of hydrogen-bond donors (Lipinski definition) is 1. The second-order valence-electron chi connectivity index (χ2n) is 4.45. The minimum absolute atomic E-state index is 0.326. The van der Waals surface area contributed by atoms with Crippen molar-refractivity contribution in [1.29, 1.82) is 0 Å². The van der Waals surface area contributed by atoms with Crippen LogP contribution in [0.3, 0.4) is 0 Å². The third kappa shape index (κ3) is 2.65. The SMILES string of the molecule is OC(c1cccc(Cl)c1Cl)c1cnnn1-c1ccccc1. The largest absolute Gasteiger partial charge is 0.382 e. The molecule has 3 aromatic rings. The van der Waals surface area contributed by atoms with Crippen LogP contribution in [0.2, 0.25) is 10.0 Å². The third-order valence-electron chi connectivity index (χ3n) is 3.13. The molecule has 0 spiro atoms. The molecule has 6 heteroatoms. The Labute approximate surface area is 131 Å². The van der Waals surface area contributed by atoms with Gasteiger partial charge in [0.15, 0.2) is 0 Å². The van der Waals surface area contributed by atoms with E-state index < -0.39 is 6.10 Å². The lowest BCUT2D eigenvalue weighted by molar-refractivity contribution is 0.212. The van der Waals surface area contributed by atoms with Crippen molar-refractivity contribution in [3.8, 4) is 5.69 Å². The van der Waals surface area contributed by atoms with E-state index in [9.17, 15) is 5.11 Å². The molecule has 0 saturated carbocycles. The highest BCUT2D eigenvalue weighted by Gasteiger charge is 2.20. The number of aliphatic hydroxyl groups excluding tert-OH is 1. The molecule has 106 valence electrons. The Hall–Kier alpha value is -1.88. The van der Waals surface area contributed by atoms with Crippen LogP contribution in [0.5, 0.6) is 0 Å². The van der Waals surface area contributed by atoms with Gasteiger partial charge in [-0.05, 0) is 18.2 Å². The van der Waals surface area contributed by atoms with E-state index in [2.05, 4.69) is 10.3 Å². The maximum atomic E-state index is 10.6. The van der Waals surface area contributed by atoms with Gasteiger partial charge in [0, 0.05) is 5.56 Å². The van der Waals surface area contributed by atoms with Crippen molar-refractivity contribution in [1.82, 2.24) is 15.0 Å². The number of hydrogen-bond acceptors (Lipinski definition) is 3. The van der Waals surface area contributed by atoms with E-state index in [0.717, 1.165) is 5.69 Å². The number of rotatable bonds is 3. The van der Waals surface area contributed by atoms with Gasteiger partial charge in [0.2, 0.25) is 0 Å². The zero-order valence-corrected chi connectivity index (χ0v) is 12.3. The molecule has 3 rings (SSSR count). The van der Waals surface area contributed by atoms with Crippen molar-refractivity contribution >= 4 is 23.2 Å². The molecule has 1 unspecified atom stereocenters. The van der Waals surface area contributed by atoms with Crippen molar-refractivity contribution in [2.45, 2.75) is 6.10 Å². The molecule has 0 fully saturated rings. The molecule has 21 heavy (non-hydrogen) atoms. The smallest absolute Gasteiger partial charge is 0.124 e. The molecule has 0 bridgehead atoms. The summed E-state index contributed by atoms with van der Waals surface area (Å²) in [5.74, 6) is 0. The van der Waals surface area contributed by atoms with Crippen molar-refractivity contribution in [2.75, 3.05) is 0 Å². The van der Waals surface area contributed by atoms with Crippen LogP contribution in [-0.4, -0.2) is 20.1 Å². The van der Waals surface area contributed by atoms with E-state index in [0.29, 0.717) is 21.3 Å². The monoisotopic (exact) mass is 319 g/mol. The first kappa shape index (κ1) is 14.1. The van der Waals surface area contributed by atoms with Gasteiger partial charge in [-0.2, -0.15) is 0 Å². The Morgan fingerprint density at radius 1 is 1.00 bits per heavy atom. The summed E-state index contributed by atoms with van der Waals surface area (Å²) >= 11 is 12.2. The van der Waals surface area contributed by atoms with Crippen LogP contribution in [0.4, 0.5) is 0 Å². The summed E-state index contributed by atoms with van der Waals surface area (Å²) in [7, 11) is 0. The van der Waals surface area contributed by atoms with E-state index in [1.165, 1.54) is 6.20 Å². The second-order valence-corrected chi connectivity index (χ2v) is 5.24. The standard InChI is InChI=1S/C15H11Cl2N3O/c16-12-8-4-7-11(14(12)17)15(21)13-9-18-19-20(13)10-5-2-1-3-6-10/h1-9,15,21H. The number of halogens is 2. The van der Waals surface area contributed by atoms with Gasteiger partial charge < -0.3 is 5.11 Å². The topological polar surface area (TPSA) is 50.9 Å². The van der Waals surface area contributed by atoms with Crippen molar-refractivity contribution in [2.24, 2.45) is 0 Å². The fraction of sp³-hybridized carbons (Fsp3) is 0.0667. The number of aromatic nitrogens is 3. The number of benzene rings is 2. The fourth-order valence-electron chi connectivity index (χ4n) is 2.09. The summed E-state index contributed by atoms with van der Waals surface area (Å²) in [5, 5.41) is 19.2. The highest BCUT2D eigenvalue weighted by Crippen LogP contribution is 2.33. The molecule has 0 aliphatic rings. The van der Waals surface area contributed by atoms with Gasteiger partial charge in [-0.1, -0.05) is 58.7 Å². The Kier molecular flexibility index (Phi) is 3.92. The summed E-state index contributed by atoms with van der Waals surface area (Å²) in [6, 6.07) is 14.6. The molecule has 2 aromatic carbocycles. The Balaban J connectivity index is 2.06. The lowest BCUT2D eigenvalue weighted by atomic mass is 10.1. The summed E-state index contributed by atoms with van der Waals surface area (Å²) in [4.78, 5) is 0. The molecular weight excluding hydrogens is 309 g/mol. The van der Waals surface area contributed by atoms with Crippen LogP contribution >= 0.6 is 23.2 Å². The maximum absolute atomic E-state index is 10.6. The summed E-state index contributed by atoms with van der Waals surface area (Å²) in [5.41, 5.74) is 1.84. The molecule has 1 N–H and O–H groups in total. The van der Waals surface area contributed by atoms with E-state index >= 15 is 0 Å². The first-order valence-electron chi connectivity index (χ1n) is 6.26. The Morgan fingerprint density at radius 3 is 2.52 bits per heavy atom. The van der Waals surface area contributed by atoms with Crippen LogP contribution in [0, 0.1) is 0 Å². The first-order valence-corrected chi connectivity index (χ1v) is 7.02. The summed E-state index contributed by atoms with van der Waals surface area (Å²) < 4.78 is 1.57. The van der Waals surface area contributed by atoms with E-state index in [1.807, 2.05) is 30.3 Å². The predicted molar refractivity (Wildman–Crippen MR) is 81.9 cm³/mol. The summed E-state index contributed by atoms with van der Waals surface area (Å²) in [6.07, 6.45) is 0.543. The number of nitrogens with zero attached hydrogens (tertiary/aromatic N) is 3. The maximum Gasteiger partial charge on any atom is 0.124 e. The molecule has 1 heterocycles. The normalized spacial score (nSPS) is 12.3. The summed E-state index contributed by atoms with van der Waals surface area (Å²) in [6.45, 7) is 0. The lowest BCUT2D eigenvalue weighted by Crippen LogP contribution is -2.09. The molecule has 0 amide bonds. The zero-order valence-electron chi connectivity index (χ0n) is 10.8. The average molecular weight is 320 g/mol. The van der Waals surface area contributed by atoms with E-state index in [-0.39, 0.29) is 0 Å². The van der Waals surface area contributed by atoms with Gasteiger partial charge in [-0.15, -0.1) is 5.10 Å². The Bertz CT molecular complexity index is 759. The Morgan fingerprint density at radius 2 is 1.76 bits per heavy atom. The first-order chi connectivity index (χ1) is 10.2. The highest BCUT2D eigenvalue weighted by atomic mass is 35.5. The fourth-order valence-corrected chi connectivity index (χ4v) is 2.50. The van der Waals surface area contributed by atoms with Gasteiger partial charge in [-0.25, -0.2) is 4.68 Å². The minimum Gasteiger partial charge on any atom is -0.382 e. The molecule has 1 aromatic heterocycles. The van der Waals surface area contributed by atoms with Crippen LogP contribution < -0.4 is 0 Å². The lowest BCUT2D eigenvalue weighted by Gasteiger charge is -2.14. The zero-order chi connectivity index (χ0) is 14.8. The van der Waals surface area contributed by atoms with E-state index in [1.54, 1.807) is 22.9 Å². The van der Waals surface area contributed by atoms with Gasteiger partial charge in [-0.3, -0.25) is 0 Å². The second kappa shape index (κ2) is 5.85. The molecule has 4 nitrogen and oxygen atoms in total. The van der Waals surface area contributed by atoms with Gasteiger partial charge >= 0.3 is 0 Å². The average Bonchev–Trinajstić information content (AvgIpc) is 3.00. The van der Waals surface area contributed by atoms with Crippen LogP contribution in [0.25, 0.3) is 5.69 Å². The highest BCUT2D eigenvalue weighted by molar-refractivity contribution is 6.42. The van der Waals surface area contributed by atoms with E-state index in [4.69, 9.17) is 23.2 Å². The van der Waals surface area contributed by atoms with Crippen molar-refractivity contribution in [3.63, 3.8) is 0 Å². The third-order valence-corrected chi connectivity index (χ3v) is 3.97. The van der Waals surface area contributed by atoms with Gasteiger partial charge in [0.25, 0.3) is 0 Å². The molecular formula is C15H11Cl2N3O. The molecule has 1 atom stereocenters. The van der Waals surface area contributed by atoms with Crippen LogP contribution in [0.15, 0.2) is 54.7 Å². The molecule has 0 saturated heterocycles. The molecule has 0 aliphatic carbocycles. The number of aliphatic hydroxyl groups is 1. The molecule has 0 radical (unpaired) electrons. The predicted octanol–water partition coefficient (Wildman–Crippen LogP) is 3.66. The van der Waals surface area contributed by atoms with Crippen LogP contribution in [0.1, 0.15) is 17.4 Å². The van der Waals surface area contributed by atoms with Gasteiger partial charge in [0.1, 0.15) is 6.10 Å². The van der Waals surface area contributed by atoms with Crippen molar-refractivity contribution in [3.05, 3.63) is 76.0 Å². The quantitative estimate of drug-likeness (QED) is 0.801. The number of para-hydroxylation sites is 1. The van der Waals surface area contributed by atoms with Crippen LogP contribution in [-0.2, 0) is 0 Å².